The number of hydrogen-bond donors (Lipinski definition) is 2. The summed E-state index contributed by atoms with van der Waals surface area (Å²) in [4.78, 5) is 27.1. The Balaban J connectivity index is 1.68. The highest BCUT2D eigenvalue weighted by Crippen LogP contribution is 2.22. The van der Waals surface area contributed by atoms with Gasteiger partial charge in [0.05, 0.1) is 0 Å². The van der Waals surface area contributed by atoms with Crippen molar-refractivity contribution in [1.82, 2.24) is 5.32 Å². The standard InChI is InChI=1S/C21H25N3O2/c1-14-5-9-16(10-6-14)19(22)20(25)23-18-4-3-13-24(21(18)26)17-11-7-15(2)8-12-17/h5-12,18-19H,3-4,13,22H2,1-2H3,(H,23,25). The molecule has 0 aliphatic carbocycles. The number of benzene rings is 2. The average Bonchev–Trinajstić information content (AvgIpc) is 2.64. The summed E-state index contributed by atoms with van der Waals surface area (Å²) in [7, 11) is 0. The third kappa shape index (κ3) is 3.94. The van der Waals surface area contributed by atoms with Crippen LogP contribution < -0.4 is 16.0 Å². The van der Waals surface area contributed by atoms with Crippen LogP contribution in [-0.4, -0.2) is 24.4 Å². The Morgan fingerprint density at radius 2 is 1.65 bits per heavy atom. The van der Waals surface area contributed by atoms with Gasteiger partial charge in [0.1, 0.15) is 12.1 Å². The number of anilines is 1. The Hall–Kier alpha value is -2.66. The van der Waals surface area contributed by atoms with Crippen molar-refractivity contribution in [3.05, 3.63) is 65.2 Å². The second-order valence-corrected chi connectivity index (χ2v) is 6.92. The molecule has 0 bridgehead atoms. The molecule has 2 aromatic carbocycles. The Labute approximate surface area is 154 Å². The largest absolute Gasteiger partial charge is 0.343 e. The molecule has 136 valence electrons. The lowest BCUT2D eigenvalue weighted by molar-refractivity contribution is -0.129. The maximum atomic E-state index is 12.8. The Morgan fingerprint density at radius 3 is 2.27 bits per heavy atom. The maximum Gasteiger partial charge on any atom is 0.249 e. The first-order valence-corrected chi connectivity index (χ1v) is 8.96. The van der Waals surface area contributed by atoms with E-state index in [1.807, 2.05) is 62.4 Å². The second kappa shape index (κ2) is 7.70. The van der Waals surface area contributed by atoms with E-state index >= 15 is 0 Å². The van der Waals surface area contributed by atoms with Crippen molar-refractivity contribution >= 4 is 17.5 Å². The molecule has 0 aromatic heterocycles. The second-order valence-electron chi connectivity index (χ2n) is 6.92. The monoisotopic (exact) mass is 351 g/mol. The van der Waals surface area contributed by atoms with Crippen molar-refractivity contribution in [3.63, 3.8) is 0 Å². The zero-order valence-electron chi connectivity index (χ0n) is 15.2. The highest BCUT2D eigenvalue weighted by Gasteiger charge is 2.32. The average molecular weight is 351 g/mol. The van der Waals surface area contributed by atoms with E-state index in [0.29, 0.717) is 13.0 Å². The van der Waals surface area contributed by atoms with Gasteiger partial charge in [0, 0.05) is 12.2 Å². The normalized spacial score (nSPS) is 18.5. The molecule has 3 rings (SSSR count). The molecule has 1 heterocycles. The number of carbonyl (C=O) groups excluding carboxylic acids is 2. The van der Waals surface area contributed by atoms with Gasteiger partial charge in [-0.25, -0.2) is 0 Å². The molecular formula is C21H25N3O2. The molecule has 26 heavy (non-hydrogen) atoms. The molecule has 0 radical (unpaired) electrons. The fourth-order valence-corrected chi connectivity index (χ4v) is 3.18. The van der Waals surface area contributed by atoms with E-state index in [-0.39, 0.29) is 11.8 Å². The van der Waals surface area contributed by atoms with Crippen LogP contribution in [0.5, 0.6) is 0 Å². The number of nitrogens with two attached hydrogens (primary N) is 1. The molecule has 0 spiro atoms. The highest BCUT2D eigenvalue weighted by molar-refractivity contribution is 6.00. The van der Waals surface area contributed by atoms with E-state index in [1.54, 1.807) is 4.90 Å². The van der Waals surface area contributed by atoms with Crippen LogP contribution >= 0.6 is 0 Å². The molecule has 1 fully saturated rings. The van der Waals surface area contributed by atoms with Crippen LogP contribution in [0.1, 0.15) is 35.6 Å². The summed E-state index contributed by atoms with van der Waals surface area (Å²) in [5, 5.41) is 2.84. The molecule has 0 saturated carbocycles. The molecule has 2 atom stereocenters. The first kappa shape index (κ1) is 18.1. The maximum absolute atomic E-state index is 12.8. The Bertz CT molecular complexity index is 784. The molecule has 5 heteroatoms. The number of rotatable bonds is 4. The fraction of sp³-hybridized carbons (Fsp3) is 0.333. The van der Waals surface area contributed by atoms with Gasteiger partial charge in [0.15, 0.2) is 0 Å². The lowest BCUT2D eigenvalue weighted by Crippen LogP contribution is -2.54. The summed E-state index contributed by atoms with van der Waals surface area (Å²) >= 11 is 0. The van der Waals surface area contributed by atoms with Gasteiger partial charge in [-0.05, 0) is 44.4 Å². The van der Waals surface area contributed by atoms with Crippen molar-refractivity contribution < 1.29 is 9.59 Å². The van der Waals surface area contributed by atoms with Gasteiger partial charge in [-0.15, -0.1) is 0 Å². The van der Waals surface area contributed by atoms with Crippen LogP contribution in [0.3, 0.4) is 0 Å². The van der Waals surface area contributed by atoms with Crippen LogP contribution in [0, 0.1) is 13.8 Å². The third-order valence-electron chi connectivity index (χ3n) is 4.82. The predicted octanol–water partition coefficient (Wildman–Crippen LogP) is 2.62. The first-order chi connectivity index (χ1) is 12.5. The van der Waals surface area contributed by atoms with E-state index in [4.69, 9.17) is 5.73 Å². The molecule has 5 nitrogen and oxygen atoms in total. The van der Waals surface area contributed by atoms with Crippen molar-refractivity contribution in [2.24, 2.45) is 5.73 Å². The minimum Gasteiger partial charge on any atom is -0.343 e. The van der Waals surface area contributed by atoms with Crippen molar-refractivity contribution in [2.75, 3.05) is 11.4 Å². The minimum atomic E-state index is -0.779. The number of nitrogens with one attached hydrogen (secondary N) is 1. The molecule has 1 aliphatic heterocycles. The van der Waals surface area contributed by atoms with E-state index < -0.39 is 12.1 Å². The molecule has 2 aromatic rings. The van der Waals surface area contributed by atoms with E-state index in [0.717, 1.165) is 28.8 Å². The number of carbonyl (C=O) groups is 2. The molecule has 1 saturated heterocycles. The number of piperidine rings is 1. The van der Waals surface area contributed by atoms with E-state index in [9.17, 15) is 9.59 Å². The first-order valence-electron chi connectivity index (χ1n) is 8.96. The molecule has 1 aliphatic rings. The Morgan fingerprint density at radius 1 is 1.08 bits per heavy atom. The van der Waals surface area contributed by atoms with E-state index in [2.05, 4.69) is 5.32 Å². The summed E-state index contributed by atoms with van der Waals surface area (Å²) in [5.41, 5.74) is 9.94. The van der Waals surface area contributed by atoms with Gasteiger partial charge in [-0.2, -0.15) is 0 Å². The predicted molar refractivity (Wildman–Crippen MR) is 103 cm³/mol. The minimum absolute atomic E-state index is 0.0791. The number of amides is 2. The quantitative estimate of drug-likeness (QED) is 0.889. The van der Waals surface area contributed by atoms with Crippen molar-refractivity contribution in [2.45, 2.75) is 38.8 Å². The van der Waals surface area contributed by atoms with Gasteiger partial charge >= 0.3 is 0 Å². The SMILES string of the molecule is Cc1ccc(C(N)C(=O)NC2CCCN(c3ccc(C)cc3)C2=O)cc1. The van der Waals surface area contributed by atoms with Crippen LogP contribution in [0.2, 0.25) is 0 Å². The van der Waals surface area contributed by atoms with Gasteiger partial charge in [-0.1, -0.05) is 47.5 Å². The van der Waals surface area contributed by atoms with Gasteiger partial charge < -0.3 is 16.0 Å². The Kier molecular flexibility index (Phi) is 5.38. The fourth-order valence-electron chi connectivity index (χ4n) is 3.18. The molecule has 2 amide bonds. The summed E-state index contributed by atoms with van der Waals surface area (Å²) in [6, 6.07) is 14.1. The van der Waals surface area contributed by atoms with Crippen molar-refractivity contribution in [1.29, 1.82) is 0 Å². The van der Waals surface area contributed by atoms with Crippen molar-refractivity contribution in [3.8, 4) is 0 Å². The lowest BCUT2D eigenvalue weighted by Gasteiger charge is -2.33. The summed E-state index contributed by atoms with van der Waals surface area (Å²) in [6.45, 7) is 4.66. The van der Waals surface area contributed by atoms with Crippen LogP contribution in [0.4, 0.5) is 5.69 Å². The van der Waals surface area contributed by atoms with Gasteiger partial charge in [0.25, 0.3) is 0 Å². The third-order valence-corrected chi connectivity index (χ3v) is 4.82. The number of nitrogens with zero attached hydrogens (tertiary/aromatic N) is 1. The number of aryl methyl sites for hydroxylation is 2. The molecular weight excluding hydrogens is 326 g/mol. The smallest absolute Gasteiger partial charge is 0.249 e. The van der Waals surface area contributed by atoms with Crippen LogP contribution in [-0.2, 0) is 9.59 Å². The van der Waals surface area contributed by atoms with Crippen LogP contribution in [0.15, 0.2) is 48.5 Å². The summed E-state index contributed by atoms with van der Waals surface area (Å²) in [5.74, 6) is -0.400. The topological polar surface area (TPSA) is 75.4 Å². The lowest BCUT2D eigenvalue weighted by atomic mass is 10.0. The molecule has 3 N–H and O–H groups in total. The summed E-state index contributed by atoms with van der Waals surface area (Å²) in [6.07, 6.45) is 1.47. The zero-order valence-corrected chi connectivity index (χ0v) is 15.2. The highest BCUT2D eigenvalue weighted by atomic mass is 16.2. The van der Waals surface area contributed by atoms with Gasteiger partial charge in [-0.3, -0.25) is 9.59 Å². The van der Waals surface area contributed by atoms with Crippen LogP contribution in [0.25, 0.3) is 0 Å². The van der Waals surface area contributed by atoms with Gasteiger partial charge in [0.2, 0.25) is 11.8 Å². The van der Waals surface area contributed by atoms with E-state index in [1.165, 1.54) is 0 Å². The summed E-state index contributed by atoms with van der Waals surface area (Å²) < 4.78 is 0. The molecule has 2 unspecified atom stereocenters. The zero-order chi connectivity index (χ0) is 18.7. The number of hydrogen-bond acceptors (Lipinski definition) is 3.